The van der Waals surface area contributed by atoms with E-state index in [-0.39, 0.29) is 5.69 Å². The SMILES string of the molecule is NCCc1cc(F)c(-n2cnc3c2CCCC3)c(F)c1. The van der Waals surface area contributed by atoms with Crippen molar-refractivity contribution >= 4 is 0 Å². The minimum Gasteiger partial charge on any atom is -0.330 e. The number of rotatable bonds is 3. The summed E-state index contributed by atoms with van der Waals surface area (Å²) in [5, 5.41) is 0. The number of hydrogen-bond acceptors (Lipinski definition) is 2. The molecule has 1 aromatic carbocycles. The lowest BCUT2D eigenvalue weighted by molar-refractivity contribution is 0.558. The second-order valence-corrected chi connectivity index (χ2v) is 5.16. The third-order valence-corrected chi connectivity index (χ3v) is 3.78. The Morgan fingerprint density at radius 3 is 2.55 bits per heavy atom. The molecule has 106 valence electrons. The molecule has 5 heteroatoms. The minimum absolute atomic E-state index is 0.0265. The second-order valence-electron chi connectivity index (χ2n) is 5.16. The Bertz CT molecular complexity index is 611. The Kier molecular flexibility index (Phi) is 3.53. The number of nitrogens with zero attached hydrogens (tertiary/aromatic N) is 2. The molecule has 1 heterocycles. The Morgan fingerprint density at radius 1 is 1.15 bits per heavy atom. The summed E-state index contributed by atoms with van der Waals surface area (Å²) in [4.78, 5) is 4.28. The van der Waals surface area contributed by atoms with Gasteiger partial charge in [-0.2, -0.15) is 0 Å². The molecule has 1 aliphatic rings. The molecule has 0 atom stereocenters. The van der Waals surface area contributed by atoms with Crippen LogP contribution in [0.2, 0.25) is 0 Å². The highest BCUT2D eigenvalue weighted by Gasteiger charge is 2.20. The number of fused-ring (bicyclic) bond motifs is 1. The maximum absolute atomic E-state index is 14.2. The summed E-state index contributed by atoms with van der Waals surface area (Å²) in [7, 11) is 0. The van der Waals surface area contributed by atoms with Crippen molar-refractivity contribution in [2.24, 2.45) is 5.73 Å². The van der Waals surface area contributed by atoms with Gasteiger partial charge >= 0.3 is 0 Å². The summed E-state index contributed by atoms with van der Waals surface area (Å²) in [6, 6.07) is 2.72. The van der Waals surface area contributed by atoms with Gasteiger partial charge in [0.2, 0.25) is 0 Å². The highest BCUT2D eigenvalue weighted by molar-refractivity contribution is 5.41. The van der Waals surface area contributed by atoms with Gasteiger partial charge in [-0.3, -0.25) is 4.57 Å². The van der Waals surface area contributed by atoms with E-state index < -0.39 is 11.6 Å². The third-order valence-electron chi connectivity index (χ3n) is 3.78. The Labute approximate surface area is 116 Å². The van der Waals surface area contributed by atoms with E-state index in [9.17, 15) is 8.78 Å². The minimum atomic E-state index is -0.556. The molecule has 1 aromatic heterocycles. The van der Waals surface area contributed by atoms with Crippen molar-refractivity contribution in [3.63, 3.8) is 0 Å². The predicted octanol–water partition coefficient (Wildman–Crippen LogP) is 2.53. The molecule has 2 aromatic rings. The normalized spacial score (nSPS) is 14.3. The lowest BCUT2D eigenvalue weighted by Gasteiger charge is -2.15. The molecular formula is C15H17F2N3. The Hall–Kier alpha value is -1.75. The number of aromatic nitrogens is 2. The van der Waals surface area contributed by atoms with Gasteiger partial charge in [0.25, 0.3) is 0 Å². The molecule has 20 heavy (non-hydrogen) atoms. The fraction of sp³-hybridized carbons (Fsp3) is 0.400. The zero-order valence-corrected chi connectivity index (χ0v) is 11.2. The van der Waals surface area contributed by atoms with Crippen LogP contribution in [0.4, 0.5) is 8.78 Å². The lowest BCUT2D eigenvalue weighted by atomic mass is 10.0. The van der Waals surface area contributed by atoms with Crippen LogP contribution >= 0.6 is 0 Å². The van der Waals surface area contributed by atoms with Crippen LogP contribution in [0, 0.1) is 11.6 Å². The molecule has 1 aliphatic carbocycles. The smallest absolute Gasteiger partial charge is 0.150 e. The van der Waals surface area contributed by atoms with Crippen molar-refractivity contribution in [3.05, 3.63) is 47.0 Å². The van der Waals surface area contributed by atoms with Crippen LogP contribution in [0.1, 0.15) is 29.8 Å². The van der Waals surface area contributed by atoms with Gasteiger partial charge in [0, 0.05) is 5.69 Å². The van der Waals surface area contributed by atoms with Crippen molar-refractivity contribution in [3.8, 4) is 5.69 Å². The first-order valence-corrected chi connectivity index (χ1v) is 6.94. The highest BCUT2D eigenvalue weighted by atomic mass is 19.1. The Morgan fingerprint density at radius 2 is 1.85 bits per heavy atom. The van der Waals surface area contributed by atoms with Crippen molar-refractivity contribution in [1.29, 1.82) is 0 Å². The highest BCUT2D eigenvalue weighted by Crippen LogP contribution is 2.27. The molecule has 0 spiro atoms. The molecule has 0 bridgehead atoms. The number of nitrogens with two attached hydrogens (primary N) is 1. The zero-order valence-electron chi connectivity index (χ0n) is 11.2. The average molecular weight is 277 g/mol. The molecule has 0 aliphatic heterocycles. The number of aryl methyl sites for hydroxylation is 1. The van der Waals surface area contributed by atoms with Crippen LogP contribution in [-0.2, 0) is 19.3 Å². The van der Waals surface area contributed by atoms with Crippen LogP contribution in [0.3, 0.4) is 0 Å². The summed E-state index contributed by atoms with van der Waals surface area (Å²) in [6.45, 7) is 0.374. The average Bonchev–Trinajstić information content (AvgIpc) is 2.83. The molecule has 3 rings (SSSR count). The molecule has 2 N–H and O–H groups in total. The first-order chi connectivity index (χ1) is 9.70. The van der Waals surface area contributed by atoms with Gasteiger partial charge in [-0.1, -0.05) is 0 Å². The van der Waals surface area contributed by atoms with Gasteiger partial charge in [-0.05, 0) is 56.3 Å². The van der Waals surface area contributed by atoms with E-state index in [2.05, 4.69) is 4.98 Å². The van der Waals surface area contributed by atoms with Crippen LogP contribution in [-0.4, -0.2) is 16.1 Å². The van der Waals surface area contributed by atoms with Crippen LogP contribution in [0.25, 0.3) is 5.69 Å². The molecule has 0 saturated carbocycles. The van der Waals surface area contributed by atoms with E-state index in [1.54, 1.807) is 4.57 Å². The quantitative estimate of drug-likeness (QED) is 0.937. The fourth-order valence-corrected chi connectivity index (χ4v) is 2.82. The van der Waals surface area contributed by atoms with Crippen molar-refractivity contribution in [2.75, 3.05) is 6.54 Å². The molecule has 0 fully saturated rings. The number of halogens is 2. The first kappa shape index (κ1) is 13.2. The van der Waals surface area contributed by atoms with E-state index in [1.807, 2.05) is 0 Å². The number of hydrogen-bond donors (Lipinski definition) is 1. The Balaban J connectivity index is 2.08. The summed E-state index contributed by atoms with van der Waals surface area (Å²) < 4.78 is 30.0. The summed E-state index contributed by atoms with van der Waals surface area (Å²) in [5.74, 6) is -1.11. The fourth-order valence-electron chi connectivity index (χ4n) is 2.82. The van der Waals surface area contributed by atoms with E-state index in [0.29, 0.717) is 18.5 Å². The summed E-state index contributed by atoms with van der Waals surface area (Å²) in [5.41, 5.74) is 7.87. The van der Waals surface area contributed by atoms with Gasteiger partial charge in [0.1, 0.15) is 5.69 Å². The molecule has 3 nitrogen and oxygen atoms in total. The maximum atomic E-state index is 14.2. The van der Waals surface area contributed by atoms with E-state index in [0.717, 1.165) is 37.1 Å². The van der Waals surface area contributed by atoms with Crippen LogP contribution in [0.5, 0.6) is 0 Å². The zero-order chi connectivity index (χ0) is 14.1. The molecule has 0 unspecified atom stereocenters. The van der Waals surface area contributed by atoms with E-state index in [4.69, 9.17) is 5.73 Å². The second kappa shape index (κ2) is 5.32. The van der Waals surface area contributed by atoms with Crippen molar-refractivity contribution in [1.82, 2.24) is 9.55 Å². The van der Waals surface area contributed by atoms with E-state index in [1.165, 1.54) is 18.5 Å². The third kappa shape index (κ3) is 2.22. The topological polar surface area (TPSA) is 43.8 Å². The summed E-state index contributed by atoms with van der Waals surface area (Å²) in [6.07, 6.45) is 5.82. The first-order valence-electron chi connectivity index (χ1n) is 6.94. The van der Waals surface area contributed by atoms with Crippen molar-refractivity contribution < 1.29 is 8.78 Å². The number of benzene rings is 1. The van der Waals surface area contributed by atoms with Gasteiger partial charge in [0.15, 0.2) is 11.6 Å². The van der Waals surface area contributed by atoms with Gasteiger partial charge in [-0.25, -0.2) is 13.8 Å². The maximum Gasteiger partial charge on any atom is 0.150 e. The summed E-state index contributed by atoms with van der Waals surface area (Å²) >= 11 is 0. The van der Waals surface area contributed by atoms with Gasteiger partial charge in [0.05, 0.1) is 12.0 Å². The molecule has 0 amide bonds. The van der Waals surface area contributed by atoms with Crippen LogP contribution in [0.15, 0.2) is 18.5 Å². The standard InChI is InChI=1S/C15H17F2N3/c16-11-7-10(5-6-18)8-12(17)15(11)20-9-19-13-3-1-2-4-14(13)20/h7-9H,1-6,18H2. The number of imidazole rings is 1. The largest absolute Gasteiger partial charge is 0.330 e. The molecule has 0 saturated heterocycles. The lowest BCUT2D eigenvalue weighted by Crippen LogP contribution is -2.10. The van der Waals surface area contributed by atoms with Gasteiger partial charge in [-0.15, -0.1) is 0 Å². The van der Waals surface area contributed by atoms with Crippen LogP contribution < -0.4 is 5.73 Å². The van der Waals surface area contributed by atoms with Crippen molar-refractivity contribution in [2.45, 2.75) is 32.1 Å². The van der Waals surface area contributed by atoms with E-state index >= 15 is 0 Å². The van der Waals surface area contributed by atoms with Gasteiger partial charge < -0.3 is 5.73 Å². The predicted molar refractivity (Wildman–Crippen MR) is 72.9 cm³/mol. The molecule has 0 radical (unpaired) electrons. The molecular weight excluding hydrogens is 260 g/mol. The monoisotopic (exact) mass is 277 g/mol.